The van der Waals surface area contributed by atoms with Crippen LogP contribution in [-0.4, -0.2) is 16.0 Å². The van der Waals surface area contributed by atoms with Crippen LogP contribution < -0.4 is 5.73 Å². The molecular formula is C11H16FNOS. The number of hydrogen-bond acceptors (Lipinski definition) is 2. The molecule has 0 heterocycles. The highest BCUT2D eigenvalue weighted by Gasteiger charge is 2.03. The van der Waals surface area contributed by atoms with Crippen LogP contribution in [0, 0.1) is 5.82 Å². The maximum Gasteiger partial charge on any atom is 0.123 e. The van der Waals surface area contributed by atoms with Gasteiger partial charge in [-0.1, -0.05) is 12.1 Å². The third kappa shape index (κ3) is 5.04. The first-order valence-corrected chi connectivity index (χ1v) is 6.41. The predicted molar refractivity (Wildman–Crippen MR) is 61.4 cm³/mol. The van der Waals surface area contributed by atoms with Gasteiger partial charge in [0.15, 0.2) is 0 Å². The zero-order valence-corrected chi connectivity index (χ0v) is 9.60. The van der Waals surface area contributed by atoms with E-state index < -0.39 is 10.8 Å². The monoisotopic (exact) mass is 229 g/mol. The summed E-state index contributed by atoms with van der Waals surface area (Å²) in [7, 11) is -0.901. The summed E-state index contributed by atoms with van der Waals surface area (Å²) in [6.45, 7) is 1.90. The zero-order valence-electron chi connectivity index (χ0n) is 8.78. The molecule has 0 bridgehead atoms. The number of rotatable bonds is 5. The molecule has 0 aliphatic carbocycles. The molecular weight excluding hydrogens is 213 g/mol. The van der Waals surface area contributed by atoms with Crippen molar-refractivity contribution in [2.24, 2.45) is 5.73 Å². The average Bonchev–Trinajstić information content (AvgIpc) is 2.19. The molecule has 2 unspecified atom stereocenters. The summed E-state index contributed by atoms with van der Waals surface area (Å²) in [6, 6.07) is 6.19. The fraction of sp³-hybridized carbons (Fsp3) is 0.455. The first-order valence-electron chi connectivity index (χ1n) is 4.93. The Kier molecular flexibility index (Phi) is 4.91. The van der Waals surface area contributed by atoms with Crippen LogP contribution in [0.3, 0.4) is 0 Å². The molecule has 0 spiro atoms. The van der Waals surface area contributed by atoms with Gasteiger partial charge in [0.25, 0.3) is 0 Å². The van der Waals surface area contributed by atoms with Gasteiger partial charge >= 0.3 is 0 Å². The topological polar surface area (TPSA) is 43.1 Å². The first-order chi connectivity index (χ1) is 7.08. The largest absolute Gasteiger partial charge is 0.328 e. The van der Waals surface area contributed by atoms with Gasteiger partial charge in [0, 0.05) is 28.3 Å². The highest BCUT2D eigenvalue weighted by atomic mass is 32.2. The number of nitrogens with two attached hydrogens (primary N) is 1. The van der Waals surface area contributed by atoms with Crippen LogP contribution in [0.2, 0.25) is 0 Å². The van der Waals surface area contributed by atoms with Crippen molar-refractivity contribution in [1.29, 1.82) is 0 Å². The van der Waals surface area contributed by atoms with Crippen LogP contribution in [0.5, 0.6) is 0 Å². The van der Waals surface area contributed by atoms with Crippen molar-refractivity contribution in [3.63, 3.8) is 0 Å². The van der Waals surface area contributed by atoms with Crippen LogP contribution in [0.1, 0.15) is 18.9 Å². The summed E-state index contributed by atoms with van der Waals surface area (Å²) < 4.78 is 24.1. The van der Waals surface area contributed by atoms with Crippen molar-refractivity contribution in [3.05, 3.63) is 35.6 Å². The molecule has 2 N–H and O–H groups in total. The van der Waals surface area contributed by atoms with Gasteiger partial charge in [0.1, 0.15) is 5.82 Å². The van der Waals surface area contributed by atoms with Crippen molar-refractivity contribution in [3.8, 4) is 0 Å². The third-order valence-electron chi connectivity index (χ3n) is 2.04. The molecule has 1 aromatic rings. The molecule has 4 heteroatoms. The van der Waals surface area contributed by atoms with Crippen molar-refractivity contribution >= 4 is 10.8 Å². The van der Waals surface area contributed by atoms with E-state index in [4.69, 9.17) is 5.73 Å². The van der Waals surface area contributed by atoms with Crippen LogP contribution in [0.25, 0.3) is 0 Å². The molecule has 0 fully saturated rings. The highest BCUT2D eigenvalue weighted by Crippen LogP contribution is 2.06. The van der Waals surface area contributed by atoms with E-state index in [-0.39, 0.29) is 11.9 Å². The van der Waals surface area contributed by atoms with Gasteiger partial charge in [-0.3, -0.25) is 4.21 Å². The summed E-state index contributed by atoms with van der Waals surface area (Å²) in [5.41, 5.74) is 6.47. The van der Waals surface area contributed by atoms with Gasteiger partial charge in [-0.2, -0.15) is 0 Å². The van der Waals surface area contributed by atoms with Gasteiger partial charge in [0.05, 0.1) is 0 Å². The number of hydrogen-bond donors (Lipinski definition) is 1. The molecule has 0 radical (unpaired) electrons. The fourth-order valence-electron chi connectivity index (χ4n) is 1.16. The Balaban J connectivity index is 2.41. The lowest BCUT2D eigenvalue weighted by Crippen LogP contribution is -2.18. The van der Waals surface area contributed by atoms with Crippen LogP contribution >= 0.6 is 0 Å². The number of benzene rings is 1. The molecule has 0 saturated heterocycles. The average molecular weight is 229 g/mol. The molecule has 15 heavy (non-hydrogen) atoms. The Bertz CT molecular complexity index is 324. The summed E-state index contributed by atoms with van der Waals surface area (Å²) >= 11 is 0. The SMILES string of the molecule is CC(N)CCS(=O)Cc1ccc(F)cc1. The Morgan fingerprint density at radius 2 is 2.00 bits per heavy atom. The Labute approximate surface area is 92.1 Å². The van der Waals surface area contributed by atoms with Gasteiger partial charge in [-0.05, 0) is 31.0 Å². The quantitative estimate of drug-likeness (QED) is 0.836. The lowest BCUT2D eigenvalue weighted by molar-refractivity contribution is 0.627. The summed E-state index contributed by atoms with van der Waals surface area (Å²) in [5.74, 6) is 0.822. The van der Waals surface area contributed by atoms with Gasteiger partial charge in [0.2, 0.25) is 0 Å². The van der Waals surface area contributed by atoms with Gasteiger partial charge < -0.3 is 5.73 Å². The Morgan fingerprint density at radius 1 is 1.40 bits per heavy atom. The van der Waals surface area contributed by atoms with Crippen molar-refractivity contribution < 1.29 is 8.60 Å². The molecule has 0 aromatic heterocycles. The van der Waals surface area contributed by atoms with Gasteiger partial charge in [-0.15, -0.1) is 0 Å². The molecule has 84 valence electrons. The molecule has 0 aliphatic heterocycles. The van der Waals surface area contributed by atoms with Crippen LogP contribution in [-0.2, 0) is 16.6 Å². The number of halogens is 1. The van der Waals surface area contributed by atoms with E-state index in [0.717, 1.165) is 12.0 Å². The molecule has 0 aliphatic rings. The zero-order chi connectivity index (χ0) is 11.3. The molecule has 2 atom stereocenters. The normalized spacial score (nSPS) is 14.9. The lowest BCUT2D eigenvalue weighted by Gasteiger charge is -2.05. The van der Waals surface area contributed by atoms with Crippen molar-refractivity contribution in [2.75, 3.05) is 5.75 Å². The first kappa shape index (κ1) is 12.3. The van der Waals surface area contributed by atoms with Crippen LogP contribution in [0.4, 0.5) is 4.39 Å². The molecule has 1 aromatic carbocycles. The summed E-state index contributed by atoms with van der Waals surface area (Å²) in [5, 5.41) is 0. The predicted octanol–water partition coefficient (Wildman–Crippen LogP) is 1.81. The third-order valence-corrected chi connectivity index (χ3v) is 3.39. The molecule has 0 amide bonds. The molecule has 1 rings (SSSR count). The Hall–Kier alpha value is -0.740. The van der Waals surface area contributed by atoms with E-state index in [9.17, 15) is 8.60 Å². The second-order valence-electron chi connectivity index (χ2n) is 3.68. The van der Waals surface area contributed by atoms with E-state index in [2.05, 4.69) is 0 Å². The fourth-order valence-corrected chi connectivity index (χ4v) is 2.50. The second kappa shape index (κ2) is 5.98. The highest BCUT2D eigenvalue weighted by molar-refractivity contribution is 7.84. The van der Waals surface area contributed by atoms with Crippen LogP contribution in [0.15, 0.2) is 24.3 Å². The maximum atomic E-state index is 12.6. The Morgan fingerprint density at radius 3 is 2.53 bits per heavy atom. The summed E-state index contributed by atoms with van der Waals surface area (Å²) in [6.07, 6.45) is 0.758. The standard InChI is InChI=1S/C11H16FNOS/c1-9(13)6-7-15(14)8-10-2-4-11(12)5-3-10/h2-5,9H,6-8,13H2,1H3. The smallest absolute Gasteiger partial charge is 0.123 e. The van der Waals surface area contributed by atoms with E-state index in [1.54, 1.807) is 12.1 Å². The van der Waals surface area contributed by atoms with Gasteiger partial charge in [-0.25, -0.2) is 4.39 Å². The van der Waals surface area contributed by atoms with Crippen molar-refractivity contribution in [1.82, 2.24) is 0 Å². The van der Waals surface area contributed by atoms with E-state index in [0.29, 0.717) is 11.5 Å². The minimum Gasteiger partial charge on any atom is -0.328 e. The maximum absolute atomic E-state index is 12.6. The second-order valence-corrected chi connectivity index (χ2v) is 5.26. The molecule has 2 nitrogen and oxygen atoms in total. The van der Waals surface area contributed by atoms with E-state index >= 15 is 0 Å². The molecule has 0 saturated carbocycles. The summed E-state index contributed by atoms with van der Waals surface area (Å²) in [4.78, 5) is 0. The minimum atomic E-state index is -0.901. The van der Waals surface area contributed by atoms with E-state index in [1.807, 2.05) is 6.92 Å². The van der Waals surface area contributed by atoms with Crippen molar-refractivity contribution in [2.45, 2.75) is 25.1 Å². The minimum absolute atomic E-state index is 0.0853. The lowest BCUT2D eigenvalue weighted by atomic mass is 10.2. The van der Waals surface area contributed by atoms with E-state index in [1.165, 1.54) is 12.1 Å².